The van der Waals surface area contributed by atoms with E-state index in [0.29, 0.717) is 22.6 Å². The van der Waals surface area contributed by atoms with E-state index in [1.54, 1.807) is 29.1 Å². The zero-order chi connectivity index (χ0) is 18.8. The summed E-state index contributed by atoms with van der Waals surface area (Å²) >= 11 is 0. The summed E-state index contributed by atoms with van der Waals surface area (Å²) in [5, 5.41) is 2.82. The number of rotatable bonds is 4. The van der Waals surface area contributed by atoms with E-state index in [2.05, 4.69) is 10.3 Å². The third kappa shape index (κ3) is 3.46. The molecule has 0 saturated heterocycles. The van der Waals surface area contributed by atoms with Crippen LogP contribution in [0.3, 0.4) is 0 Å². The van der Waals surface area contributed by atoms with Crippen molar-refractivity contribution in [2.75, 3.05) is 6.61 Å². The van der Waals surface area contributed by atoms with E-state index in [9.17, 15) is 9.18 Å². The minimum atomic E-state index is -0.364. The zero-order valence-corrected chi connectivity index (χ0v) is 14.8. The van der Waals surface area contributed by atoms with Gasteiger partial charge in [0.15, 0.2) is 0 Å². The molecule has 0 unspecified atom stereocenters. The number of para-hydroxylation sites is 1. The Morgan fingerprint density at radius 1 is 1.30 bits per heavy atom. The fraction of sp³-hybridized carbons (Fsp3) is 0.143. The maximum absolute atomic E-state index is 14.4. The number of imidazole rings is 1. The van der Waals surface area contributed by atoms with Gasteiger partial charge in [0.2, 0.25) is 0 Å². The van der Waals surface area contributed by atoms with Gasteiger partial charge in [0, 0.05) is 24.5 Å². The monoisotopic (exact) mass is 363 g/mol. The van der Waals surface area contributed by atoms with Gasteiger partial charge in [0.05, 0.1) is 11.3 Å². The molecule has 136 valence electrons. The number of benzene rings is 2. The molecule has 0 aliphatic carbocycles. The molecule has 1 aliphatic rings. The molecule has 27 heavy (non-hydrogen) atoms. The topological polar surface area (TPSA) is 56.2 Å². The number of nitrogens with zero attached hydrogens (tertiary/aromatic N) is 2. The second kappa shape index (κ2) is 7.07. The number of aromatic nitrogens is 2. The molecule has 0 spiro atoms. The first-order valence-electron chi connectivity index (χ1n) is 8.61. The molecular weight excluding hydrogens is 345 g/mol. The van der Waals surface area contributed by atoms with Gasteiger partial charge in [-0.3, -0.25) is 4.79 Å². The van der Waals surface area contributed by atoms with Crippen molar-refractivity contribution in [3.63, 3.8) is 0 Å². The van der Waals surface area contributed by atoms with E-state index in [1.165, 1.54) is 6.07 Å². The lowest BCUT2D eigenvalue weighted by Crippen LogP contribution is -2.28. The highest BCUT2D eigenvalue weighted by molar-refractivity contribution is 5.99. The van der Waals surface area contributed by atoms with Crippen molar-refractivity contribution in [3.05, 3.63) is 83.2 Å². The predicted molar refractivity (Wildman–Crippen MR) is 100 cm³/mol. The smallest absolute Gasteiger partial charge is 0.250 e. The van der Waals surface area contributed by atoms with Crippen LogP contribution in [0.1, 0.15) is 17.0 Å². The lowest BCUT2D eigenvalue weighted by Gasteiger charge is -2.17. The van der Waals surface area contributed by atoms with Crippen LogP contribution in [0, 0.1) is 12.7 Å². The van der Waals surface area contributed by atoms with Crippen LogP contribution in [0.4, 0.5) is 4.39 Å². The number of carbonyl (C=O) groups is 1. The Bertz CT molecular complexity index is 1040. The first kappa shape index (κ1) is 17.0. The quantitative estimate of drug-likeness (QED) is 0.773. The lowest BCUT2D eigenvalue weighted by atomic mass is 10.1. The van der Waals surface area contributed by atoms with Gasteiger partial charge in [0.25, 0.3) is 5.91 Å². The number of amides is 1. The van der Waals surface area contributed by atoms with Crippen molar-refractivity contribution in [2.45, 2.75) is 13.5 Å². The average molecular weight is 363 g/mol. The molecule has 2 heterocycles. The Kier molecular flexibility index (Phi) is 4.46. The summed E-state index contributed by atoms with van der Waals surface area (Å²) in [5.74, 6) is 0.886. The van der Waals surface area contributed by atoms with Gasteiger partial charge in [-0.15, -0.1) is 0 Å². The van der Waals surface area contributed by atoms with Crippen LogP contribution in [-0.4, -0.2) is 22.1 Å². The van der Waals surface area contributed by atoms with E-state index in [4.69, 9.17) is 4.74 Å². The molecule has 0 atom stereocenters. The predicted octanol–water partition coefficient (Wildman–Crippen LogP) is 3.41. The number of fused-ring (bicyclic) bond motifs is 1. The minimum Gasteiger partial charge on any atom is -0.488 e. The van der Waals surface area contributed by atoms with Gasteiger partial charge in [-0.1, -0.05) is 24.3 Å². The minimum absolute atomic E-state index is 0.218. The molecule has 1 amide bonds. The second-order valence-electron chi connectivity index (χ2n) is 6.31. The molecule has 3 aromatic rings. The molecule has 6 heteroatoms. The maximum atomic E-state index is 14.4. The molecule has 0 radical (unpaired) electrons. The van der Waals surface area contributed by atoms with E-state index in [0.717, 1.165) is 11.3 Å². The molecule has 1 N–H and O–H groups in total. The summed E-state index contributed by atoms with van der Waals surface area (Å²) in [6.45, 7) is 2.26. The van der Waals surface area contributed by atoms with Crippen LogP contribution in [0.2, 0.25) is 0 Å². The van der Waals surface area contributed by atoms with Crippen LogP contribution in [0.5, 0.6) is 5.75 Å². The molecule has 0 saturated carbocycles. The normalized spacial score (nSPS) is 12.7. The summed E-state index contributed by atoms with van der Waals surface area (Å²) in [5.41, 5.74) is 2.53. The number of ether oxygens (including phenoxy) is 1. The van der Waals surface area contributed by atoms with Gasteiger partial charge in [0.1, 0.15) is 24.0 Å². The van der Waals surface area contributed by atoms with Gasteiger partial charge in [-0.2, -0.15) is 0 Å². The van der Waals surface area contributed by atoms with Crippen molar-refractivity contribution in [1.82, 2.24) is 14.9 Å². The average Bonchev–Trinajstić information content (AvgIpc) is 3.11. The first-order chi connectivity index (χ1) is 13.1. The number of halogens is 1. The van der Waals surface area contributed by atoms with Crippen molar-refractivity contribution in [1.29, 1.82) is 0 Å². The number of aryl methyl sites for hydroxylation is 1. The zero-order valence-electron chi connectivity index (χ0n) is 14.8. The molecule has 0 fully saturated rings. The Labute approximate surface area is 156 Å². The van der Waals surface area contributed by atoms with Gasteiger partial charge in [-0.05, 0) is 36.8 Å². The summed E-state index contributed by atoms with van der Waals surface area (Å²) in [6.07, 6.45) is 5.16. The van der Waals surface area contributed by atoms with Crippen molar-refractivity contribution in [2.24, 2.45) is 0 Å². The molecule has 0 bridgehead atoms. The van der Waals surface area contributed by atoms with Gasteiger partial charge >= 0.3 is 0 Å². The maximum Gasteiger partial charge on any atom is 0.250 e. The van der Waals surface area contributed by atoms with Gasteiger partial charge < -0.3 is 14.6 Å². The van der Waals surface area contributed by atoms with Crippen LogP contribution in [-0.2, 0) is 11.3 Å². The van der Waals surface area contributed by atoms with Crippen LogP contribution in [0.25, 0.3) is 11.8 Å². The van der Waals surface area contributed by atoms with Crippen LogP contribution < -0.4 is 10.1 Å². The van der Waals surface area contributed by atoms with Gasteiger partial charge in [-0.25, -0.2) is 9.37 Å². The van der Waals surface area contributed by atoms with E-state index >= 15 is 0 Å². The molecular formula is C21H18FN3O2. The highest BCUT2D eigenvalue weighted by Gasteiger charge is 2.17. The Morgan fingerprint density at radius 3 is 2.93 bits per heavy atom. The van der Waals surface area contributed by atoms with E-state index in [1.807, 2.05) is 37.3 Å². The largest absolute Gasteiger partial charge is 0.488 e. The standard InChI is InChI=1S/C21H18FN3O2/c1-14-23-8-9-25(14)19-7-6-15(10-18(19)22)12-24-21(26)17-11-16-4-2-3-5-20(16)27-13-17/h2-11H,12-13H2,1H3,(H,24,26). The fourth-order valence-corrected chi connectivity index (χ4v) is 3.03. The van der Waals surface area contributed by atoms with Crippen LogP contribution in [0.15, 0.2) is 60.4 Å². The summed E-state index contributed by atoms with van der Waals surface area (Å²) in [4.78, 5) is 16.5. The number of nitrogens with one attached hydrogen (secondary N) is 1. The van der Waals surface area contributed by atoms with Crippen molar-refractivity contribution in [3.8, 4) is 11.4 Å². The Hall–Kier alpha value is -3.41. The first-order valence-corrected chi connectivity index (χ1v) is 8.61. The van der Waals surface area contributed by atoms with E-state index < -0.39 is 0 Å². The summed E-state index contributed by atoms with van der Waals surface area (Å²) < 4.78 is 21.7. The Balaban J connectivity index is 1.45. The molecule has 5 nitrogen and oxygen atoms in total. The SMILES string of the molecule is Cc1nccn1-c1ccc(CNC(=O)C2=Cc3ccccc3OC2)cc1F. The van der Waals surface area contributed by atoms with Crippen molar-refractivity contribution < 1.29 is 13.9 Å². The molecule has 2 aromatic carbocycles. The summed E-state index contributed by atoms with van der Waals surface area (Å²) in [7, 11) is 0. The highest BCUT2D eigenvalue weighted by Crippen LogP contribution is 2.25. The number of hydrogen-bond donors (Lipinski definition) is 1. The fourth-order valence-electron chi connectivity index (χ4n) is 3.03. The lowest BCUT2D eigenvalue weighted by molar-refractivity contribution is -0.117. The van der Waals surface area contributed by atoms with E-state index in [-0.39, 0.29) is 24.9 Å². The van der Waals surface area contributed by atoms with Crippen molar-refractivity contribution >= 4 is 12.0 Å². The second-order valence-corrected chi connectivity index (χ2v) is 6.31. The highest BCUT2D eigenvalue weighted by atomic mass is 19.1. The molecule has 1 aromatic heterocycles. The molecule has 4 rings (SSSR count). The third-order valence-electron chi connectivity index (χ3n) is 4.47. The summed E-state index contributed by atoms with van der Waals surface area (Å²) in [6, 6.07) is 12.5. The Morgan fingerprint density at radius 2 is 2.15 bits per heavy atom. The number of carbonyl (C=O) groups excluding carboxylic acids is 1. The van der Waals surface area contributed by atoms with Crippen LogP contribution >= 0.6 is 0 Å². The molecule has 1 aliphatic heterocycles. The third-order valence-corrected chi connectivity index (χ3v) is 4.47. The number of hydrogen-bond acceptors (Lipinski definition) is 3.